The van der Waals surface area contributed by atoms with Crippen LogP contribution in [0.3, 0.4) is 0 Å². The number of piperidine rings is 1. The summed E-state index contributed by atoms with van der Waals surface area (Å²) in [7, 11) is 3.82. The highest BCUT2D eigenvalue weighted by atomic mass is 32.2. The highest BCUT2D eigenvalue weighted by Gasteiger charge is 2.32. The lowest BCUT2D eigenvalue weighted by molar-refractivity contribution is -0.138. The first-order chi connectivity index (χ1) is 30.0. The van der Waals surface area contributed by atoms with Crippen molar-refractivity contribution in [1.82, 2.24) is 35.0 Å². The number of carbonyl (C=O) groups excluding carboxylic acids is 5. The van der Waals surface area contributed by atoms with Gasteiger partial charge in [0.1, 0.15) is 11.1 Å². The van der Waals surface area contributed by atoms with Crippen molar-refractivity contribution in [2.45, 2.75) is 82.5 Å². The van der Waals surface area contributed by atoms with Crippen molar-refractivity contribution in [2.75, 3.05) is 56.2 Å². The Morgan fingerprint density at radius 1 is 0.968 bits per heavy atom. The molecule has 0 aliphatic carbocycles. The van der Waals surface area contributed by atoms with Crippen LogP contribution in [0.1, 0.15) is 82.1 Å². The van der Waals surface area contributed by atoms with Gasteiger partial charge in [0.05, 0.1) is 6.20 Å². The molecular formula is C45H60FN11O5S. The van der Waals surface area contributed by atoms with E-state index in [4.69, 9.17) is 10.7 Å². The van der Waals surface area contributed by atoms with E-state index in [-0.39, 0.29) is 64.0 Å². The van der Waals surface area contributed by atoms with Gasteiger partial charge in [-0.25, -0.2) is 9.78 Å². The number of nitrogens with two attached hydrogens (primary N) is 1. The number of urea groups is 1. The number of benzene rings is 2. The van der Waals surface area contributed by atoms with Gasteiger partial charge in [0.25, 0.3) is 5.91 Å². The minimum Gasteiger partial charge on any atom is -0.352 e. The molecule has 0 unspecified atom stereocenters. The number of carbonyl (C=O) groups is 5. The zero-order valence-electron chi connectivity index (χ0n) is 37.0. The number of halogens is 1. The van der Waals surface area contributed by atoms with Crippen molar-refractivity contribution >= 4 is 69.9 Å². The van der Waals surface area contributed by atoms with E-state index >= 15 is 4.39 Å². The molecule has 1 fully saturated rings. The predicted molar refractivity (Wildman–Crippen MR) is 246 cm³/mol. The minimum absolute atomic E-state index is 0.0535. The van der Waals surface area contributed by atoms with Crippen molar-refractivity contribution in [1.29, 1.82) is 0 Å². The Kier molecular flexibility index (Phi) is 17.1. The molecule has 1 saturated heterocycles. The number of nitrogens with one attached hydrogen (secondary N) is 5. The van der Waals surface area contributed by atoms with Gasteiger partial charge in [-0.05, 0) is 94.1 Å². The number of aromatic nitrogens is 3. The van der Waals surface area contributed by atoms with Gasteiger partial charge >= 0.3 is 6.03 Å². The highest BCUT2D eigenvalue weighted by molar-refractivity contribution is 7.99. The van der Waals surface area contributed by atoms with Crippen LogP contribution in [0.2, 0.25) is 0 Å². The Labute approximate surface area is 372 Å². The second-order valence-electron chi connectivity index (χ2n) is 16.6. The summed E-state index contributed by atoms with van der Waals surface area (Å²) in [5.74, 6) is -1.69. The number of amides is 6. The lowest BCUT2D eigenvalue weighted by Gasteiger charge is -2.34. The Balaban J connectivity index is 1.27. The molecule has 0 spiro atoms. The molecule has 5 rings (SSSR count). The SMILES string of the molecule is CC(C)c1cnn2c(Nc3cccc(NC(=O)c4ccc(NC(=O)/C=C/CN(C)C)cc4)c3)c(F)c(SC3CCN(C(=O)[C@H](CCCNC(N)=O)NC(=O)[C@@H](C)C(C)C)CC3)nc12. The van der Waals surface area contributed by atoms with Crippen LogP contribution in [0.25, 0.3) is 5.65 Å². The molecule has 0 bridgehead atoms. The van der Waals surface area contributed by atoms with Gasteiger partial charge in [0.15, 0.2) is 17.3 Å². The lowest BCUT2D eigenvalue weighted by atomic mass is 9.96. The minimum atomic E-state index is -0.760. The van der Waals surface area contributed by atoms with E-state index in [9.17, 15) is 24.0 Å². The first-order valence-electron chi connectivity index (χ1n) is 21.3. The van der Waals surface area contributed by atoms with E-state index in [1.54, 1.807) is 65.7 Å². The standard InChI is InChI=1S/C45H60FN11O5S/c1-27(2)29(5)41(59)53-36(13-9-21-48-45(47)62)44(61)56-23-19-34(20-24-56)63-43-38(46)40(57-39(54-43)35(26-49-57)28(3)4)51-32-11-8-12-33(25-32)52-42(60)30-15-17-31(18-16-30)50-37(58)14-10-22-55(6)7/h8,10-12,14-18,25-29,34,36,51H,9,13,19-24H2,1-7H3,(H,50,58)(H,52,60)(H,53,59)(H3,47,48,62)/b14-10+/t29-,36-/m0/s1. The van der Waals surface area contributed by atoms with E-state index in [0.29, 0.717) is 73.6 Å². The molecule has 18 heteroatoms. The average molecular weight is 886 g/mol. The molecule has 1 aliphatic heterocycles. The molecule has 2 atom stereocenters. The molecule has 6 amide bonds. The van der Waals surface area contributed by atoms with Gasteiger partial charge in [-0.2, -0.15) is 14.0 Å². The fraction of sp³-hybridized carbons (Fsp3) is 0.444. The van der Waals surface area contributed by atoms with Crippen LogP contribution in [0.15, 0.2) is 71.9 Å². The van der Waals surface area contributed by atoms with Crippen LogP contribution < -0.4 is 32.3 Å². The molecule has 2 aromatic heterocycles. The topological polar surface area (TPSA) is 208 Å². The van der Waals surface area contributed by atoms with Crippen molar-refractivity contribution in [3.8, 4) is 0 Å². The molecule has 4 aromatic rings. The van der Waals surface area contributed by atoms with Crippen LogP contribution >= 0.6 is 11.8 Å². The third-order valence-electron chi connectivity index (χ3n) is 10.8. The largest absolute Gasteiger partial charge is 0.352 e. The van der Waals surface area contributed by atoms with E-state index in [1.807, 2.05) is 53.6 Å². The van der Waals surface area contributed by atoms with Crippen molar-refractivity contribution in [3.63, 3.8) is 0 Å². The van der Waals surface area contributed by atoms with E-state index in [2.05, 4.69) is 31.7 Å². The predicted octanol–water partition coefficient (Wildman–Crippen LogP) is 6.35. The number of rotatable bonds is 19. The van der Waals surface area contributed by atoms with E-state index < -0.39 is 17.9 Å². The van der Waals surface area contributed by atoms with Crippen molar-refractivity contribution in [2.24, 2.45) is 17.6 Å². The van der Waals surface area contributed by atoms with Crippen LogP contribution in [-0.4, -0.2) is 106 Å². The van der Waals surface area contributed by atoms with Gasteiger partial charge in [0, 0.05) is 71.6 Å². The first-order valence-corrected chi connectivity index (χ1v) is 22.2. The van der Waals surface area contributed by atoms with Crippen molar-refractivity contribution < 1.29 is 28.4 Å². The molecule has 7 N–H and O–H groups in total. The van der Waals surface area contributed by atoms with E-state index in [1.165, 1.54) is 22.4 Å². The number of likely N-dealkylation sites (tertiary alicyclic amines) is 1. The smallest absolute Gasteiger partial charge is 0.312 e. The van der Waals surface area contributed by atoms with Crippen LogP contribution in [0, 0.1) is 17.7 Å². The molecule has 0 saturated carbocycles. The second kappa shape index (κ2) is 22.4. The molecule has 3 heterocycles. The Morgan fingerprint density at radius 2 is 1.67 bits per heavy atom. The number of fused-ring (bicyclic) bond motifs is 1. The number of nitrogens with zero attached hydrogens (tertiary/aromatic N) is 5. The molecule has 63 heavy (non-hydrogen) atoms. The summed E-state index contributed by atoms with van der Waals surface area (Å²) in [5, 5.41) is 19.0. The number of primary amides is 1. The Hall–Kier alpha value is -6.01. The summed E-state index contributed by atoms with van der Waals surface area (Å²) >= 11 is 1.32. The zero-order chi connectivity index (χ0) is 45.8. The monoisotopic (exact) mass is 885 g/mol. The molecule has 2 aromatic carbocycles. The van der Waals surface area contributed by atoms with Crippen molar-refractivity contribution in [3.05, 3.63) is 83.8 Å². The number of anilines is 4. The molecule has 16 nitrogen and oxygen atoms in total. The van der Waals surface area contributed by atoms with Crippen LogP contribution in [0.4, 0.5) is 32.1 Å². The summed E-state index contributed by atoms with van der Waals surface area (Å²) in [4.78, 5) is 71.9. The van der Waals surface area contributed by atoms with Gasteiger partial charge in [0.2, 0.25) is 17.7 Å². The van der Waals surface area contributed by atoms with Crippen LogP contribution in [0.5, 0.6) is 0 Å². The van der Waals surface area contributed by atoms with Crippen LogP contribution in [-0.2, 0) is 14.4 Å². The maximum Gasteiger partial charge on any atom is 0.312 e. The summed E-state index contributed by atoms with van der Waals surface area (Å²) < 4.78 is 18.1. The third-order valence-corrected chi connectivity index (χ3v) is 12.1. The maximum absolute atomic E-state index is 16.7. The first kappa shape index (κ1) is 48.0. The number of thioether (sulfide) groups is 1. The third kappa shape index (κ3) is 13.5. The summed E-state index contributed by atoms with van der Waals surface area (Å²) in [5.41, 5.74) is 8.46. The number of likely N-dealkylation sites (N-methyl/N-ethyl adjacent to an activating group) is 1. The fourth-order valence-corrected chi connectivity index (χ4v) is 7.89. The molecule has 1 aliphatic rings. The second-order valence-corrected chi connectivity index (χ2v) is 17.9. The lowest BCUT2D eigenvalue weighted by Crippen LogP contribution is -2.52. The molecule has 338 valence electrons. The summed E-state index contributed by atoms with van der Waals surface area (Å²) in [6, 6.07) is 12.0. The normalized spacial score (nSPS) is 14.3. The number of hydrogen-bond donors (Lipinski definition) is 6. The Morgan fingerprint density at radius 3 is 2.32 bits per heavy atom. The molecule has 0 radical (unpaired) electrons. The maximum atomic E-state index is 16.7. The summed E-state index contributed by atoms with van der Waals surface area (Å²) in [6.45, 7) is 11.5. The molecular weight excluding hydrogens is 826 g/mol. The number of hydrogen-bond acceptors (Lipinski definition) is 10. The van der Waals surface area contributed by atoms with Gasteiger partial charge in [-0.3, -0.25) is 19.2 Å². The highest BCUT2D eigenvalue weighted by Crippen LogP contribution is 2.36. The summed E-state index contributed by atoms with van der Waals surface area (Å²) in [6.07, 6.45) is 6.83. The quantitative estimate of drug-likeness (QED) is 0.0349. The fourth-order valence-electron chi connectivity index (χ4n) is 6.79. The zero-order valence-corrected chi connectivity index (χ0v) is 37.9. The van der Waals surface area contributed by atoms with E-state index in [0.717, 1.165) is 5.56 Å². The van der Waals surface area contributed by atoms with Gasteiger partial charge < -0.3 is 42.1 Å². The van der Waals surface area contributed by atoms with Gasteiger partial charge in [-0.15, -0.1) is 0 Å². The van der Waals surface area contributed by atoms with Gasteiger partial charge in [-0.1, -0.05) is 58.5 Å². The Bertz CT molecular complexity index is 2270. The average Bonchev–Trinajstić information content (AvgIpc) is 3.67.